The predicted molar refractivity (Wildman–Crippen MR) is 265 cm³/mol. The largest absolute Gasteiger partial charge is 0.456 e. The van der Waals surface area contributed by atoms with Gasteiger partial charge < -0.3 is 9.32 Å². The molecular formula is C61H45NO. The van der Waals surface area contributed by atoms with Crippen molar-refractivity contribution >= 4 is 55.3 Å². The van der Waals surface area contributed by atoms with Gasteiger partial charge in [0.1, 0.15) is 11.2 Å². The minimum absolute atomic E-state index is 0.109. The molecule has 0 amide bonds. The van der Waals surface area contributed by atoms with E-state index in [0.717, 1.165) is 56.5 Å². The minimum Gasteiger partial charge on any atom is -0.456 e. The summed E-state index contributed by atoms with van der Waals surface area (Å²) in [6.45, 7) is 4.73. The van der Waals surface area contributed by atoms with Crippen molar-refractivity contribution < 1.29 is 4.42 Å². The average molecular weight is 808 g/mol. The SMILES string of the molecule is CC1(C)c2ccccc2-c2cccc(-c3ccc(N(c4ccc(C5=CC(c6ccccc6)CC=C5)cc4)c4ccccc4-c4cccc5oc6cc7ccccc7cc6c45)cc3)c21. The second-order valence-electron chi connectivity index (χ2n) is 17.6. The lowest BCUT2D eigenvalue weighted by Gasteiger charge is -2.29. The number of allylic oxidation sites excluding steroid dienone is 4. The Balaban J connectivity index is 1.00. The van der Waals surface area contributed by atoms with E-state index in [1.807, 2.05) is 0 Å². The number of nitrogens with zero attached hydrogens (tertiary/aromatic N) is 1. The monoisotopic (exact) mass is 807 g/mol. The Morgan fingerprint density at radius 3 is 1.92 bits per heavy atom. The molecule has 0 radical (unpaired) electrons. The molecule has 2 heteroatoms. The molecule has 300 valence electrons. The Morgan fingerprint density at radius 1 is 0.508 bits per heavy atom. The predicted octanol–water partition coefficient (Wildman–Crippen LogP) is 17.0. The van der Waals surface area contributed by atoms with Gasteiger partial charge in [0.05, 0.1) is 5.69 Å². The average Bonchev–Trinajstić information content (AvgIpc) is 3.83. The van der Waals surface area contributed by atoms with Gasteiger partial charge in [-0.3, -0.25) is 0 Å². The third-order valence-electron chi connectivity index (χ3n) is 13.6. The van der Waals surface area contributed by atoms with Crippen molar-refractivity contribution in [2.45, 2.75) is 31.6 Å². The molecule has 2 aliphatic carbocycles. The van der Waals surface area contributed by atoms with Gasteiger partial charge in [0, 0.05) is 39.0 Å². The summed E-state index contributed by atoms with van der Waals surface area (Å²) in [6.07, 6.45) is 8.03. The van der Waals surface area contributed by atoms with Crippen molar-refractivity contribution in [2.75, 3.05) is 4.90 Å². The highest BCUT2D eigenvalue weighted by atomic mass is 16.3. The van der Waals surface area contributed by atoms with Crippen molar-refractivity contribution in [3.05, 3.63) is 241 Å². The number of anilines is 3. The standard InChI is InChI=1S/C61H45NO/c1-61(2)55-26-10-8-21-50(55)53-25-13-23-49(60(53)61)42-31-35-48(36-32-42)62(47-33-29-41(30-34-47)44-20-12-19-43(37-44)40-15-4-3-5-16-40)56-27-11-9-22-51(56)52-24-14-28-57-59(52)54-38-45-17-6-7-18-46(45)39-58(54)63-57/h3-18,20-39,43H,19H2,1-2H3. The quantitative estimate of drug-likeness (QED) is 0.159. The van der Waals surface area contributed by atoms with E-state index < -0.39 is 0 Å². The number of fused-ring (bicyclic) bond motifs is 7. The van der Waals surface area contributed by atoms with Gasteiger partial charge in [0.15, 0.2) is 0 Å². The normalized spacial score (nSPS) is 15.1. The van der Waals surface area contributed by atoms with Gasteiger partial charge in [-0.15, -0.1) is 0 Å². The third kappa shape index (κ3) is 6.16. The van der Waals surface area contributed by atoms with Gasteiger partial charge in [-0.05, 0) is 121 Å². The lowest BCUT2D eigenvalue weighted by molar-refractivity contribution is 0.662. The molecule has 1 aromatic heterocycles. The van der Waals surface area contributed by atoms with E-state index in [-0.39, 0.29) is 5.41 Å². The van der Waals surface area contributed by atoms with Crippen molar-refractivity contribution in [3.63, 3.8) is 0 Å². The van der Waals surface area contributed by atoms with E-state index in [0.29, 0.717) is 5.92 Å². The molecule has 1 unspecified atom stereocenters. The van der Waals surface area contributed by atoms with Crippen LogP contribution in [0.25, 0.3) is 71.7 Å². The van der Waals surface area contributed by atoms with Crippen molar-refractivity contribution in [1.82, 2.24) is 0 Å². The van der Waals surface area contributed by atoms with Crippen LogP contribution in [0.5, 0.6) is 0 Å². The van der Waals surface area contributed by atoms with Crippen molar-refractivity contribution in [2.24, 2.45) is 0 Å². The summed E-state index contributed by atoms with van der Waals surface area (Å²) >= 11 is 0. The van der Waals surface area contributed by atoms with Crippen LogP contribution in [-0.2, 0) is 5.41 Å². The molecule has 0 bridgehead atoms. The number of para-hydroxylation sites is 1. The Labute approximate surface area is 368 Å². The Hall–Kier alpha value is -7.68. The van der Waals surface area contributed by atoms with E-state index in [1.54, 1.807) is 0 Å². The third-order valence-corrected chi connectivity index (χ3v) is 13.6. The van der Waals surface area contributed by atoms with Gasteiger partial charge in [-0.1, -0.05) is 184 Å². The maximum absolute atomic E-state index is 6.60. The fourth-order valence-corrected chi connectivity index (χ4v) is 10.5. The van der Waals surface area contributed by atoms with Gasteiger partial charge in [0.25, 0.3) is 0 Å². The van der Waals surface area contributed by atoms with E-state index in [9.17, 15) is 0 Å². The fourth-order valence-electron chi connectivity index (χ4n) is 10.5. The van der Waals surface area contributed by atoms with Gasteiger partial charge in [-0.25, -0.2) is 0 Å². The summed E-state index contributed by atoms with van der Waals surface area (Å²) in [5, 5.41) is 4.62. The minimum atomic E-state index is -0.109. The zero-order valence-electron chi connectivity index (χ0n) is 35.4. The molecule has 0 N–H and O–H groups in total. The molecule has 1 atom stereocenters. The number of hydrogen-bond donors (Lipinski definition) is 0. The molecular weight excluding hydrogens is 763 g/mol. The highest BCUT2D eigenvalue weighted by Gasteiger charge is 2.37. The molecule has 9 aromatic carbocycles. The Morgan fingerprint density at radius 2 is 1.13 bits per heavy atom. The molecule has 0 fully saturated rings. The second kappa shape index (κ2) is 14.8. The first-order valence-corrected chi connectivity index (χ1v) is 22.1. The highest BCUT2D eigenvalue weighted by molar-refractivity contribution is 6.16. The summed E-state index contributed by atoms with van der Waals surface area (Å²) in [4.78, 5) is 2.42. The van der Waals surface area contributed by atoms with E-state index >= 15 is 0 Å². The van der Waals surface area contributed by atoms with Crippen molar-refractivity contribution in [3.8, 4) is 33.4 Å². The molecule has 12 rings (SSSR count). The highest BCUT2D eigenvalue weighted by Crippen LogP contribution is 2.52. The fraction of sp³-hybridized carbons (Fsp3) is 0.0820. The molecule has 2 nitrogen and oxygen atoms in total. The van der Waals surface area contributed by atoms with Gasteiger partial charge in [0.2, 0.25) is 0 Å². The first kappa shape index (κ1) is 37.1. The van der Waals surface area contributed by atoms with Crippen LogP contribution in [-0.4, -0.2) is 0 Å². The lowest BCUT2D eigenvalue weighted by atomic mass is 9.79. The summed E-state index contributed by atoms with van der Waals surface area (Å²) in [5.74, 6) is 0.359. The topological polar surface area (TPSA) is 16.4 Å². The van der Waals surface area contributed by atoms with Gasteiger partial charge >= 0.3 is 0 Å². The molecule has 2 aliphatic rings. The Bertz CT molecular complexity index is 3440. The van der Waals surface area contributed by atoms with Crippen LogP contribution in [0.3, 0.4) is 0 Å². The van der Waals surface area contributed by atoms with Crippen LogP contribution in [0.15, 0.2) is 223 Å². The number of furan rings is 1. The molecule has 0 aliphatic heterocycles. The van der Waals surface area contributed by atoms with Crippen LogP contribution >= 0.6 is 0 Å². The summed E-state index contributed by atoms with van der Waals surface area (Å²) < 4.78 is 6.60. The molecule has 63 heavy (non-hydrogen) atoms. The van der Waals surface area contributed by atoms with E-state index in [4.69, 9.17) is 4.42 Å². The molecule has 1 heterocycles. The lowest BCUT2D eigenvalue weighted by Crippen LogP contribution is -2.16. The van der Waals surface area contributed by atoms with Gasteiger partial charge in [-0.2, -0.15) is 0 Å². The molecule has 0 spiro atoms. The number of benzene rings is 9. The second-order valence-corrected chi connectivity index (χ2v) is 17.6. The Kier molecular flexibility index (Phi) is 8.69. The van der Waals surface area contributed by atoms with E-state index in [1.165, 1.54) is 60.9 Å². The summed E-state index contributed by atoms with van der Waals surface area (Å²) in [5.41, 5.74) is 19.0. The summed E-state index contributed by atoms with van der Waals surface area (Å²) in [6, 6.07) is 73.2. The maximum atomic E-state index is 6.60. The van der Waals surface area contributed by atoms with Crippen molar-refractivity contribution in [1.29, 1.82) is 0 Å². The zero-order valence-corrected chi connectivity index (χ0v) is 35.4. The van der Waals surface area contributed by atoms with Crippen LogP contribution in [0.1, 0.15) is 48.4 Å². The number of rotatable bonds is 7. The first-order chi connectivity index (χ1) is 31.0. The number of hydrogen-bond acceptors (Lipinski definition) is 2. The molecule has 0 saturated heterocycles. The van der Waals surface area contributed by atoms with Crippen LogP contribution in [0.2, 0.25) is 0 Å². The molecule has 10 aromatic rings. The van der Waals surface area contributed by atoms with Crippen LogP contribution < -0.4 is 4.90 Å². The smallest absolute Gasteiger partial charge is 0.136 e. The van der Waals surface area contributed by atoms with Crippen LogP contribution in [0.4, 0.5) is 17.1 Å². The summed E-state index contributed by atoms with van der Waals surface area (Å²) in [7, 11) is 0. The zero-order chi connectivity index (χ0) is 42.1. The maximum Gasteiger partial charge on any atom is 0.136 e. The first-order valence-electron chi connectivity index (χ1n) is 22.1. The molecule has 0 saturated carbocycles. The van der Waals surface area contributed by atoms with Crippen LogP contribution in [0, 0.1) is 0 Å². The van der Waals surface area contributed by atoms with E-state index in [2.05, 4.69) is 237 Å².